The van der Waals surface area contributed by atoms with Crippen molar-refractivity contribution in [2.75, 3.05) is 27.2 Å². The number of ether oxygens (including phenoxy) is 1. The molecule has 0 spiro atoms. The minimum absolute atomic E-state index is 0.127. The zero-order valence-corrected chi connectivity index (χ0v) is 8.43. The first-order valence-electron chi connectivity index (χ1n) is 3.54. The van der Waals surface area contributed by atoms with E-state index in [-0.39, 0.29) is 13.9 Å². The van der Waals surface area contributed by atoms with Gasteiger partial charge in [0.25, 0.3) is 0 Å². The van der Waals surface area contributed by atoms with Gasteiger partial charge in [0.15, 0.2) is 0 Å². The van der Waals surface area contributed by atoms with Gasteiger partial charge in [-0.2, -0.15) is 0 Å². The summed E-state index contributed by atoms with van der Waals surface area (Å²) in [5.41, 5.74) is 0. The van der Waals surface area contributed by atoms with Gasteiger partial charge in [0, 0.05) is 0 Å². The summed E-state index contributed by atoms with van der Waals surface area (Å²) < 4.78 is 15.3. The Morgan fingerprint density at radius 3 is 2.58 bits per heavy atom. The summed E-state index contributed by atoms with van der Waals surface area (Å²) in [6.45, 7) is 2.26. The van der Waals surface area contributed by atoms with Gasteiger partial charge in [-0.15, -0.1) is 0 Å². The van der Waals surface area contributed by atoms with Gasteiger partial charge in [0.05, 0.1) is 0 Å². The summed E-state index contributed by atoms with van der Waals surface area (Å²) in [5.74, 6) is 2.36. The van der Waals surface area contributed by atoms with Crippen LogP contribution in [0.3, 0.4) is 0 Å². The predicted octanol–water partition coefficient (Wildman–Crippen LogP) is 0.834. The third-order valence-electron chi connectivity index (χ3n) is 1.27. The van der Waals surface area contributed by atoms with Gasteiger partial charge >= 0.3 is 72.4 Å². The van der Waals surface area contributed by atoms with Crippen LogP contribution in [0.5, 0.6) is 0 Å². The maximum absolute atomic E-state index is 10.4. The second-order valence-electron chi connectivity index (χ2n) is 2.94. The Labute approximate surface area is 73.2 Å². The average Bonchev–Trinajstić information content (AvgIpc) is 1.85. The number of nitrogens with zero attached hydrogens (tertiary/aromatic N) is 1. The molecule has 0 aliphatic carbocycles. The van der Waals surface area contributed by atoms with Crippen molar-refractivity contribution in [3.05, 3.63) is 0 Å². The molecule has 68 valence electrons. The van der Waals surface area contributed by atoms with E-state index in [9.17, 15) is 9.36 Å². The van der Waals surface area contributed by atoms with Crippen molar-refractivity contribution in [3.63, 3.8) is 0 Å². The Morgan fingerprint density at radius 1 is 1.58 bits per heavy atom. The van der Waals surface area contributed by atoms with E-state index in [0.717, 1.165) is 0 Å². The average molecular weight is 190 g/mol. The summed E-state index contributed by atoms with van der Waals surface area (Å²) in [7, 11) is 3.53. The molecule has 0 amide bonds. The normalized spacial score (nSPS) is 10.2. The molecule has 4 nitrogen and oxygen atoms in total. The maximum atomic E-state index is 10.4. The topological polar surface area (TPSA) is 43.4 Å². The molecule has 0 aliphatic rings. The Morgan fingerprint density at radius 2 is 2.17 bits per heavy atom. The number of esters is 1. The standard InChI is InChI=1S/C7H13NO3P/c1-7(9)11-5-4-8(2,3)6-12-10/h4-5H2,1-3H3/q+1. The van der Waals surface area contributed by atoms with Crippen LogP contribution >= 0.6 is 7.92 Å². The fourth-order valence-electron chi connectivity index (χ4n) is 0.578. The van der Waals surface area contributed by atoms with Crippen LogP contribution in [0.25, 0.3) is 0 Å². The number of carbonyl (C=O) groups excluding carboxylic acids is 1. The molecule has 0 aromatic rings. The molecular formula is C7H13NO3P+. The van der Waals surface area contributed by atoms with E-state index < -0.39 is 0 Å². The number of quaternary nitrogens is 1. The summed E-state index contributed by atoms with van der Waals surface area (Å²) in [6.07, 6.45) is 0. The van der Waals surface area contributed by atoms with Crippen molar-refractivity contribution in [3.8, 4) is 5.75 Å². The molecule has 0 fully saturated rings. The molecule has 0 bridgehead atoms. The summed E-state index contributed by atoms with van der Waals surface area (Å²) in [6, 6.07) is 0. The van der Waals surface area contributed by atoms with Crippen LogP contribution in [0, 0.1) is 5.75 Å². The Hall–Kier alpha value is -0.560. The minimum atomic E-state index is -0.297. The number of carbonyl (C=O) groups is 1. The van der Waals surface area contributed by atoms with E-state index >= 15 is 0 Å². The molecule has 0 radical (unpaired) electrons. The van der Waals surface area contributed by atoms with Crippen LogP contribution in [0.15, 0.2) is 0 Å². The van der Waals surface area contributed by atoms with Crippen molar-refractivity contribution < 1.29 is 18.6 Å². The molecule has 0 rings (SSSR count). The molecule has 0 heterocycles. The van der Waals surface area contributed by atoms with Gasteiger partial charge in [0.1, 0.15) is 0 Å². The number of likely N-dealkylation sites (N-methyl/N-ethyl adjacent to an activating group) is 1. The molecule has 0 aliphatic heterocycles. The van der Waals surface area contributed by atoms with Crippen LogP contribution in [-0.4, -0.2) is 37.7 Å². The molecule has 0 N–H and O–H groups in total. The van der Waals surface area contributed by atoms with Crippen molar-refractivity contribution in [2.45, 2.75) is 6.92 Å². The van der Waals surface area contributed by atoms with Gasteiger partial charge in [-0.05, 0) is 0 Å². The van der Waals surface area contributed by atoms with Crippen molar-refractivity contribution in [2.24, 2.45) is 0 Å². The van der Waals surface area contributed by atoms with Crippen LogP contribution in [-0.2, 0) is 14.1 Å². The van der Waals surface area contributed by atoms with E-state index in [0.29, 0.717) is 17.6 Å². The van der Waals surface area contributed by atoms with Crippen LogP contribution in [0.2, 0.25) is 0 Å². The number of hydrogen-bond donors (Lipinski definition) is 0. The molecule has 12 heavy (non-hydrogen) atoms. The molecular weight excluding hydrogens is 177 g/mol. The summed E-state index contributed by atoms with van der Waals surface area (Å²) in [4.78, 5) is 10.4. The quantitative estimate of drug-likeness (QED) is 0.376. The Bertz CT molecular complexity index is 255. The van der Waals surface area contributed by atoms with Gasteiger partial charge in [0.2, 0.25) is 0 Å². The van der Waals surface area contributed by atoms with E-state index in [4.69, 9.17) is 4.74 Å². The zero-order chi connectivity index (χ0) is 9.61. The van der Waals surface area contributed by atoms with E-state index in [1.807, 2.05) is 14.1 Å². The first-order chi connectivity index (χ1) is 5.48. The first kappa shape index (κ1) is 11.4. The SMILES string of the molecule is CC(=O)OCC[N+](C)(C)C#P=O. The molecule has 5 heteroatoms. The van der Waals surface area contributed by atoms with Crippen LogP contribution in [0.4, 0.5) is 0 Å². The Kier molecular flexibility index (Phi) is 4.91. The van der Waals surface area contributed by atoms with Crippen molar-refractivity contribution in [1.82, 2.24) is 0 Å². The molecule has 0 unspecified atom stereocenters. The van der Waals surface area contributed by atoms with Crippen LogP contribution < -0.4 is 0 Å². The van der Waals surface area contributed by atoms with Crippen LogP contribution in [0.1, 0.15) is 6.92 Å². The molecule has 0 atom stereocenters. The second kappa shape index (κ2) is 5.15. The van der Waals surface area contributed by atoms with Gasteiger partial charge in [-0.1, -0.05) is 0 Å². The predicted molar refractivity (Wildman–Crippen MR) is 45.1 cm³/mol. The third-order valence-corrected chi connectivity index (χ3v) is 1.89. The second-order valence-corrected chi connectivity index (χ2v) is 3.32. The third kappa shape index (κ3) is 6.17. The van der Waals surface area contributed by atoms with Gasteiger partial charge in [-0.25, -0.2) is 0 Å². The molecule has 0 saturated carbocycles. The summed E-state index contributed by atoms with van der Waals surface area (Å²) >= 11 is 0. The fourth-order valence-corrected chi connectivity index (χ4v) is 0.899. The fraction of sp³-hybridized carbons (Fsp3) is 0.714. The zero-order valence-electron chi connectivity index (χ0n) is 7.53. The first-order valence-corrected chi connectivity index (χ1v) is 4.35. The summed E-state index contributed by atoms with van der Waals surface area (Å²) in [5, 5.41) is 0. The van der Waals surface area contributed by atoms with E-state index in [2.05, 4.69) is 5.75 Å². The van der Waals surface area contributed by atoms with Gasteiger partial charge in [-0.3, -0.25) is 0 Å². The van der Waals surface area contributed by atoms with E-state index in [1.54, 1.807) is 0 Å². The number of hydrogen-bond acceptors (Lipinski definition) is 3. The van der Waals surface area contributed by atoms with E-state index in [1.165, 1.54) is 6.92 Å². The van der Waals surface area contributed by atoms with Crippen molar-refractivity contribution in [1.29, 1.82) is 0 Å². The molecule has 0 aromatic carbocycles. The monoisotopic (exact) mass is 190 g/mol. The molecule has 0 aromatic heterocycles. The van der Waals surface area contributed by atoms with Crippen molar-refractivity contribution >= 4 is 13.9 Å². The molecule has 0 saturated heterocycles. The number of rotatable bonds is 3. The Balaban J connectivity index is 3.81. The van der Waals surface area contributed by atoms with Gasteiger partial charge < -0.3 is 0 Å².